The highest BCUT2D eigenvalue weighted by Crippen LogP contribution is 2.24. The summed E-state index contributed by atoms with van der Waals surface area (Å²) in [6.07, 6.45) is 16.0. The fourth-order valence-corrected chi connectivity index (χ4v) is 4.48. The first-order valence-corrected chi connectivity index (χ1v) is 14.7. The summed E-state index contributed by atoms with van der Waals surface area (Å²) in [7, 11) is 0. The number of thioether (sulfide) groups is 1. The van der Waals surface area contributed by atoms with E-state index in [-0.39, 0.29) is 5.91 Å². The highest BCUT2D eigenvalue weighted by Gasteiger charge is 2.37. The Labute approximate surface area is 244 Å². The van der Waals surface area contributed by atoms with E-state index in [4.69, 9.17) is 4.42 Å². The number of rotatable bonds is 9. The second-order valence-electron chi connectivity index (χ2n) is 8.78. The smallest absolute Gasteiger partial charge is 0.408 e. The Morgan fingerprint density at radius 2 is 1.85 bits per heavy atom. The number of fused-ring (bicyclic) bond motifs is 1. The third-order valence-electron chi connectivity index (χ3n) is 5.82. The molecule has 3 rings (SSSR count). The molecule has 1 aliphatic rings. The molecule has 1 amide bonds. The number of para-hydroxylation sites is 1. The Morgan fingerprint density at radius 3 is 2.38 bits per heavy atom. The monoisotopic (exact) mass is 567 g/mol. The van der Waals surface area contributed by atoms with Crippen LogP contribution in [0.5, 0.6) is 0 Å². The zero-order chi connectivity index (χ0) is 30.4. The molecule has 40 heavy (non-hydrogen) atoms. The van der Waals surface area contributed by atoms with Crippen LogP contribution in [0.3, 0.4) is 0 Å². The van der Waals surface area contributed by atoms with Gasteiger partial charge in [-0.2, -0.15) is 22.0 Å². The number of anilines is 1. The van der Waals surface area contributed by atoms with Crippen molar-refractivity contribution in [3.05, 3.63) is 59.6 Å². The molecule has 2 heterocycles. The molecule has 1 fully saturated rings. The maximum Gasteiger partial charge on any atom is 0.441 e. The summed E-state index contributed by atoms with van der Waals surface area (Å²) in [5, 5.41) is 16.6. The van der Waals surface area contributed by atoms with Gasteiger partial charge in [-0.3, -0.25) is 4.79 Å². The topological polar surface area (TPSA) is 111 Å². The molecule has 1 atom stereocenters. The van der Waals surface area contributed by atoms with Gasteiger partial charge in [-0.05, 0) is 64.5 Å². The molecule has 8 nitrogen and oxygen atoms in total. The number of likely N-dealkylation sites (tertiary alicyclic amines) is 1. The van der Waals surface area contributed by atoms with Crippen molar-refractivity contribution in [3.63, 3.8) is 0 Å². The third kappa shape index (κ3) is 12.5. The average molecular weight is 568 g/mol. The zero-order valence-electron chi connectivity index (χ0n) is 24.6. The van der Waals surface area contributed by atoms with Crippen molar-refractivity contribution < 1.29 is 9.21 Å². The van der Waals surface area contributed by atoms with Crippen LogP contribution in [-0.2, 0) is 4.79 Å². The number of nitrogens with zero attached hydrogens (tertiary/aromatic N) is 3. The lowest BCUT2D eigenvalue weighted by atomic mass is 9.88. The van der Waals surface area contributed by atoms with Gasteiger partial charge in [0.15, 0.2) is 0 Å². The maximum absolute atomic E-state index is 13.2. The van der Waals surface area contributed by atoms with Crippen LogP contribution in [0.1, 0.15) is 53.9 Å². The second-order valence-corrected chi connectivity index (χ2v) is 10.1. The molecule has 1 aromatic heterocycles. The Morgan fingerprint density at radius 1 is 1.25 bits per heavy atom. The van der Waals surface area contributed by atoms with Gasteiger partial charge in [0.25, 0.3) is 0 Å². The molecule has 9 heteroatoms. The normalized spacial score (nSPS) is 14.6. The van der Waals surface area contributed by atoms with Crippen LogP contribution in [0.4, 0.5) is 5.82 Å². The minimum Gasteiger partial charge on any atom is -0.408 e. The molecule has 0 radical (unpaired) electrons. The second kappa shape index (κ2) is 21.3. The molecule has 0 spiro atoms. The Bertz CT molecular complexity index is 1160. The first kappa shape index (κ1) is 36.5. The SMILES string of the molecule is C#C.C/C=C\C.C=CC.CCCN1CCC(C#N)(NC(=O)C(CSCC)Nc2nc(=O)oc3ccccc23)CC1. The van der Waals surface area contributed by atoms with Gasteiger partial charge >= 0.3 is 5.76 Å². The first-order valence-electron chi connectivity index (χ1n) is 13.5. The van der Waals surface area contributed by atoms with E-state index in [1.54, 1.807) is 36.0 Å². The number of allylic oxidation sites excluding steroid dienone is 3. The molecule has 1 saturated heterocycles. The van der Waals surface area contributed by atoms with Gasteiger partial charge in [0.05, 0.1) is 11.5 Å². The number of aromatic nitrogens is 1. The average Bonchev–Trinajstić information content (AvgIpc) is 2.97. The van der Waals surface area contributed by atoms with Gasteiger partial charge < -0.3 is 20.0 Å². The lowest BCUT2D eigenvalue weighted by Gasteiger charge is -2.38. The number of nitrogens with one attached hydrogen (secondary N) is 2. The van der Waals surface area contributed by atoms with Crippen molar-refractivity contribution in [3.8, 4) is 18.9 Å². The summed E-state index contributed by atoms with van der Waals surface area (Å²) in [5.74, 6) is 0.659. The molecule has 218 valence electrons. The van der Waals surface area contributed by atoms with Gasteiger partial charge in [0.2, 0.25) is 5.91 Å². The number of nitriles is 1. The number of amides is 1. The van der Waals surface area contributed by atoms with E-state index in [2.05, 4.69) is 52.9 Å². The highest BCUT2D eigenvalue weighted by atomic mass is 32.2. The fraction of sp³-hybridized carbons (Fsp3) is 0.484. The zero-order valence-corrected chi connectivity index (χ0v) is 25.4. The predicted molar refractivity (Wildman–Crippen MR) is 169 cm³/mol. The van der Waals surface area contributed by atoms with Crippen LogP contribution < -0.4 is 16.4 Å². The molecule has 0 aliphatic carbocycles. The van der Waals surface area contributed by atoms with Crippen LogP contribution >= 0.6 is 11.8 Å². The Kier molecular flexibility index (Phi) is 19.4. The van der Waals surface area contributed by atoms with Crippen LogP contribution in [-0.4, -0.2) is 58.5 Å². The number of hydrogen-bond acceptors (Lipinski definition) is 8. The van der Waals surface area contributed by atoms with Crippen LogP contribution in [0.25, 0.3) is 11.0 Å². The minimum absolute atomic E-state index is 0.259. The summed E-state index contributed by atoms with van der Waals surface area (Å²) in [6.45, 7) is 16.0. The van der Waals surface area contributed by atoms with Crippen molar-refractivity contribution in [1.82, 2.24) is 15.2 Å². The minimum atomic E-state index is -0.872. The van der Waals surface area contributed by atoms with Crippen LogP contribution in [0.2, 0.25) is 0 Å². The summed E-state index contributed by atoms with van der Waals surface area (Å²) >= 11 is 1.61. The molecule has 1 aromatic carbocycles. The molecule has 2 aromatic rings. The number of benzene rings is 1. The Balaban J connectivity index is 0.00000149. The van der Waals surface area contributed by atoms with Gasteiger partial charge in [-0.15, -0.1) is 19.4 Å². The molecule has 0 bridgehead atoms. The maximum atomic E-state index is 13.2. The fourth-order valence-electron chi connectivity index (χ4n) is 3.78. The summed E-state index contributed by atoms with van der Waals surface area (Å²) in [5.41, 5.74) is -0.465. The van der Waals surface area contributed by atoms with Gasteiger partial charge in [-0.25, -0.2) is 4.79 Å². The van der Waals surface area contributed by atoms with E-state index in [1.165, 1.54) is 0 Å². The van der Waals surface area contributed by atoms with Gasteiger partial charge in [-0.1, -0.05) is 44.2 Å². The first-order chi connectivity index (χ1) is 19.3. The number of carbonyl (C=O) groups excluding carboxylic acids is 1. The summed E-state index contributed by atoms with van der Waals surface area (Å²) < 4.78 is 5.15. The van der Waals surface area contributed by atoms with E-state index < -0.39 is 17.3 Å². The number of terminal acetylenes is 1. The molecular weight excluding hydrogens is 522 g/mol. The van der Waals surface area contributed by atoms with Gasteiger partial charge in [0, 0.05) is 18.8 Å². The predicted octanol–water partition coefficient (Wildman–Crippen LogP) is 5.63. The van der Waals surface area contributed by atoms with Crippen molar-refractivity contribution in [2.75, 3.05) is 36.5 Å². The quantitative estimate of drug-likeness (QED) is 0.296. The van der Waals surface area contributed by atoms with E-state index in [9.17, 15) is 14.9 Å². The number of carbonyl (C=O) groups is 1. The van der Waals surface area contributed by atoms with Crippen molar-refractivity contribution in [2.45, 2.75) is 65.5 Å². The van der Waals surface area contributed by atoms with E-state index >= 15 is 0 Å². The van der Waals surface area contributed by atoms with E-state index in [0.29, 0.717) is 35.4 Å². The van der Waals surface area contributed by atoms with Crippen molar-refractivity contribution in [1.29, 1.82) is 5.26 Å². The van der Waals surface area contributed by atoms with Gasteiger partial charge in [0.1, 0.15) is 23.0 Å². The van der Waals surface area contributed by atoms with Crippen LogP contribution in [0, 0.1) is 24.2 Å². The van der Waals surface area contributed by atoms with Crippen LogP contribution in [0.15, 0.2) is 58.3 Å². The largest absolute Gasteiger partial charge is 0.441 e. The third-order valence-corrected chi connectivity index (χ3v) is 6.80. The number of hydrogen-bond donors (Lipinski definition) is 2. The summed E-state index contributed by atoms with van der Waals surface area (Å²) in [6, 6.07) is 8.78. The van der Waals surface area contributed by atoms with E-state index in [0.717, 1.165) is 31.8 Å². The van der Waals surface area contributed by atoms with Crippen molar-refractivity contribution >= 4 is 34.5 Å². The van der Waals surface area contributed by atoms with Crippen molar-refractivity contribution in [2.24, 2.45) is 0 Å². The highest BCUT2D eigenvalue weighted by molar-refractivity contribution is 7.99. The molecular formula is C31H45N5O3S. The molecule has 2 N–H and O–H groups in total. The standard InChI is InChI=1S/C22H29N5O3S.C4H8.C3H6.C2H2/c1-3-11-27-12-9-22(15-23,10-13-27)26-20(28)17(14-31-4-2)24-19-16-7-5-6-8-18(16)30-21(29)25-19;1-3-4-2;1-3-2;1-2/h5-8,17H,3-4,9-14H2,1-2H3,(H,26,28)(H,24,25,29);3-4H,1-2H3;3H,1H2,2H3;1-2H/b;4-3-;;. The molecule has 1 aliphatic heterocycles. The summed E-state index contributed by atoms with van der Waals surface area (Å²) in [4.78, 5) is 31.4. The number of piperidine rings is 1. The lowest BCUT2D eigenvalue weighted by molar-refractivity contribution is -0.123. The Hall–Kier alpha value is -3.53. The lowest BCUT2D eigenvalue weighted by Crippen LogP contribution is -2.57. The van der Waals surface area contributed by atoms with E-state index in [1.807, 2.05) is 45.9 Å². The molecule has 1 unspecified atom stereocenters. The molecule has 0 saturated carbocycles.